The first kappa shape index (κ1) is 14.0. The van der Waals surface area contributed by atoms with E-state index in [9.17, 15) is 4.79 Å². The largest absolute Gasteiger partial charge is 0.294 e. The smallest absolute Gasteiger partial charge is 0.165 e. The number of hydrogen-bond donors (Lipinski definition) is 0. The highest BCUT2D eigenvalue weighted by Gasteiger charge is 2.18. The van der Waals surface area contributed by atoms with Crippen LogP contribution in [0, 0.1) is 11.8 Å². The third kappa shape index (κ3) is 3.42. The highest BCUT2D eigenvalue weighted by Crippen LogP contribution is 2.21. The van der Waals surface area contributed by atoms with Crippen LogP contribution in [0.3, 0.4) is 0 Å². The number of benzene rings is 1. The molecule has 1 aromatic rings. The minimum absolute atomic E-state index is 0.101. The van der Waals surface area contributed by atoms with E-state index in [4.69, 9.17) is 0 Å². The van der Waals surface area contributed by atoms with Crippen molar-refractivity contribution in [3.63, 3.8) is 0 Å². The summed E-state index contributed by atoms with van der Waals surface area (Å²) >= 11 is 0. The third-order valence-corrected chi connectivity index (χ3v) is 3.79. The standard InChI is InChI=1S/C16H24O/c1-6-12(4)14-7-9-15(10-8-14)16(17)13(5)11(2)3/h7-13H,6H2,1-5H3. The maximum atomic E-state index is 12.1. The van der Waals surface area contributed by atoms with Crippen molar-refractivity contribution in [2.75, 3.05) is 0 Å². The number of hydrogen-bond acceptors (Lipinski definition) is 1. The van der Waals surface area contributed by atoms with Crippen molar-refractivity contribution in [3.05, 3.63) is 35.4 Å². The minimum atomic E-state index is 0.101. The van der Waals surface area contributed by atoms with Crippen molar-refractivity contribution >= 4 is 5.78 Å². The van der Waals surface area contributed by atoms with Crippen LogP contribution in [-0.2, 0) is 0 Å². The van der Waals surface area contributed by atoms with Crippen LogP contribution in [0.25, 0.3) is 0 Å². The fourth-order valence-electron chi connectivity index (χ4n) is 1.78. The number of carbonyl (C=O) groups is 1. The van der Waals surface area contributed by atoms with Gasteiger partial charge in [0.15, 0.2) is 5.78 Å². The van der Waals surface area contributed by atoms with Gasteiger partial charge in [0.1, 0.15) is 0 Å². The predicted octanol–water partition coefficient (Wildman–Crippen LogP) is 4.67. The Morgan fingerprint density at radius 1 is 1.06 bits per heavy atom. The van der Waals surface area contributed by atoms with Crippen LogP contribution in [0.1, 0.15) is 62.9 Å². The lowest BCUT2D eigenvalue weighted by Gasteiger charge is -2.15. The molecule has 2 unspecified atom stereocenters. The van der Waals surface area contributed by atoms with E-state index in [-0.39, 0.29) is 11.7 Å². The van der Waals surface area contributed by atoms with Crippen molar-refractivity contribution in [3.8, 4) is 0 Å². The number of ketones is 1. The Balaban J connectivity index is 2.84. The van der Waals surface area contributed by atoms with E-state index >= 15 is 0 Å². The van der Waals surface area contributed by atoms with Gasteiger partial charge >= 0.3 is 0 Å². The molecule has 0 fully saturated rings. The van der Waals surface area contributed by atoms with E-state index in [0.717, 1.165) is 12.0 Å². The zero-order chi connectivity index (χ0) is 13.0. The molecular weight excluding hydrogens is 208 g/mol. The second-order valence-corrected chi connectivity index (χ2v) is 5.33. The van der Waals surface area contributed by atoms with Crippen LogP contribution < -0.4 is 0 Å². The summed E-state index contributed by atoms with van der Waals surface area (Å²) in [6.45, 7) is 10.6. The Morgan fingerprint density at radius 2 is 1.59 bits per heavy atom. The molecule has 94 valence electrons. The Hall–Kier alpha value is -1.11. The first-order chi connectivity index (χ1) is 7.97. The molecule has 0 radical (unpaired) electrons. The monoisotopic (exact) mass is 232 g/mol. The van der Waals surface area contributed by atoms with Gasteiger partial charge in [0.25, 0.3) is 0 Å². The first-order valence-corrected chi connectivity index (χ1v) is 6.61. The Labute approximate surface area is 105 Å². The normalized spacial score (nSPS) is 14.7. The summed E-state index contributed by atoms with van der Waals surface area (Å²) in [7, 11) is 0. The molecule has 0 amide bonds. The van der Waals surface area contributed by atoms with Gasteiger partial charge in [0, 0.05) is 11.5 Å². The topological polar surface area (TPSA) is 17.1 Å². The molecule has 0 aromatic heterocycles. The Morgan fingerprint density at radius 3 is 2.00 bits per heavy atom. The Bertz CT molecular complexity index is 362. The number of rotatable bonds is 5. The third-order valence-electron chi connectivity index (χ3n) is 3.79. The minimum Gasteiger partial charge on any atom is -0.294 e. The van der Waals surface area contributed by atoms with Gasteiger partial charge in [0.05, 0.1) is 0 Å². The highest BCUT2D eigenvalue weighted by atomic mass is 16.1. The van der Waals surface area contributed by atoms with Crippen LogP contribution >= 0.6 is 0 Å². The summed E-state index contributed by atoms with van der Waals surface area (Å²) in [5.41, 5.74) is 2.17. The van der Waals surface area contributed by atoms with Crippen molar-refractivity contribution in [2.45, 2.75) is 47.0 Å². The van der Waals surface area contributed by atoms with Crippen LogP contribution in [0.4, 0.5) is 0 Å². The van der Waals surface area contributed by atoms with E-state index in [1.807, 2.05) is 19.1 Å². The van der Waals surface area contributed by atoms with Gasteiger partial charge in [-0.15, -0.1) is 0 Å². The quantitative estimate of drug-likeness (QED) is 0.674. The average Bonchev–Trinajstić information content (AvgIpc) is 2.36. The van der Waals surface area contributed by atoms with Crippen LogP contribution in [0.15, 0.2) is 24.3 Å². The van der Waals surface area contributed by atoms with E-state index in [1.165, 1.54) is 5.56 Å². The van der Waals surface area contributed by atoms with E-state index in [0.29, 0.717) is 11.8 Å². The SMILES string of the molecule is CCC(C)c1ccc(C(=O)C(C)C(C)C)cc1. The molecule has 0 aliphatic carbocycles. The average molecular weight is 232 g/mol. The van der Waals surface area contributed by atoms with Gasteiger partial charge in [-0.05, 0) is 23.8 Å². The summed E-state index contributed by atoms with van der Waals surface area (Å²) in [4.78, 5) is 12.1. The zero-order valence-electron chi connectivity index (χ0n) is 11.7. The molecule has 1 nitrogen and oxygen atoms in total. The molecule has 0 aliphatic rings. The van der Waals surface area contributed by atoms with Gasteiger partial charge in [-0.1, -0.05) is 58.9 Å². The Kier molecular flexibility index (Phi) is 4.92. The summed E-state index contributed by atoms with van der Waals surface area (Å²) in [5, 5.41) is 0. The highest BCUT2D eigenvalue weighted by molar-refractivity contribution is 5.97. The molecule has 0 aliphatic heterocycles. The molecule has 1 heteroatoms. The molecule has 1 aromatic carbocycles. The van der Waals surface area contributed by atoms with E-state index in [2.05, 4.69) is 39.8 Å². The summed E-state index contributed by atoms with van der Waals surface area (Å²) in [5.74, 6) is 1.33. The van der Waals surface area contributed by atoms with Crippen LogP contribution in [-0.4, -0.2) is 5.78 Å². The lowest BCUT2D eigenvalue weighted by molar-refractivity contribution is 0.0900. The lowest BCUT2D eigenvalue weighted by Crippen LogP contribution is -2.16. The summed E-state index contributed by atoms with van der Waals surface area (Å²) < 4.78 is 0. The van der Waals surface area contributed by atoms with Crippen molar-refractivity contribution in [2.24, 2.45) is 11.8 Å². The fourth-order valence-corrected chi connectivity index (χ4v) is 1.78. The van der Waals surface area contributed by atoms with E-state index in [1.54, 1.807) is 0 Å². The summed E-state index contributed by atoms with van der Waals surface area (Å²) in [6.07, 6.45) is 1.13. The molecule has 0 bridgehead atoms. The molecule has 0 N–H and O–H groups in total. The van der Waals surface area contributed by atoms with Gasteiger partial charge in [-0.3, -0.25) is 4.79 Å². The summed E-state index contributed by atoms with van der Waals surface area (Å²) in [6, 6.07) is 8.13. The molecule has 1 rings (SSSR count). The molecule has 0 heterocycles. The second-order valence-electron chi connectivity index (χ2n) is 5.33. The fraction of sp³-hybridized carbons (Fsp3) is 0.562. The first-order valence-electron chi connectivity index (χ1n) is 6.61. The maximum Gasteiger partial charge on any atom is 0.165 e. The van der Waals surface area contributed by atoms with Gasteiger partial charge < -0.3 is 0 Å². The molecule has 17 heavy (non-hydrogen) atoms. The molecule has 0 saturated carbocycles. The predicted molar refractivity (Wildman–Crippen MR) is 73.5 cm³/mol. The lowest BCUT2D eigenvalue weighted by atomic mass is 9.88. The molecular formula is C16H24O. The maximum absolute atomic E-state index is 12.1. The molecule has 0 spiro atoms. The molecule has 0 saturated heterocycles. The number of carbonyl (C=O) groups excluding carboxylic acids is 1. The van der Waals surface area contributed by atoms with E-state index < -0.39 is 0 Å². The van der Waals surface area contributed by atoms with Crippen LogP contribution in [0.2, 0.25) is 0 Å². The van der Waals surface area contributed by atoms with Crippen LogP contribution in [0.5, 0.6) is 0 Å². The number of Topliss-reactive ketones (excluding diaryl/α,β-unsaturated/α-hetero) is 1. The van der Waals surface area contributed by atoms with Gasteiger partial charge in [-0.25, -0.2) is 0 Å². The van der Waals surface area contributed by atoms with Crippen molar-refractivity contribution in [1.29, 1.82) is 0 Å². The van der Waals surface area contributed by atoms with Crippen molar-refractivity contribution < 1.29 is 4.79 Å². The zero-order valence-corrected chi connectivity index (χ0v) is 11.7. The van der Waals surface area contributed by atoms with Crippen molar-refractivity contribution in [1.82, 2.24) is 0 Å². The van der Waals surface area contributed by atoms with Gasteiger partial charge in [-0.2, -0.15) is 0 Å². The second kappa shape index (κ2) is 6.00. The van der Waals surface area contributed by atoms with Gasteiger partial charge in [0.2, 0.25) is 0 Å². The molecule has 2 atom stereocenters.